The van der Waals surface area contributed by atoms with Crippen LogP contribution in [0.1, 0.15) is 12.0 Å². The molecule has 0 radical (unpaired) electrons. The summed E-state index contributed by atoms with van der Waals surface area (Å²) >= 11 is 6.01. The molecule has 2 aromatic rings. The molecule has 1 fully saturated rings. The van der Waals surface area contributed by atoms with Crippen molar-refractivity contribution in [1.29, 1.82) is 0 Å². The number of carbonyl (C=O) groups is 1. The molecule has 10 heteroatoms. The van der Waals surface area contributed by atoms with Gasteiger partial charge in [0.05, 0.1) is 30.1 Å². The number of hydrogen-bond acceptors (Lipinski definition) is 4. The Morgan fingerprint density at radius 2 is 2.17 bits per heavy atom. The summed E-state index contributed by atoms with van der Waals surface area (Å²) in [7, 11) is 0. The van der Waals surface area contributed by atoms with Crippen LogP contribution in [0.2, 0.25) is 5.02 Å². The Kier molecular flexibility index (Phi) is 6.81. The molecule has 0 bridgehead atoms. The molecule has 2 amide bonds. The minimum atomic E-state index is -4.73. The molecular formula is C19H19ClF3N3O3. The van der Waals surface area contributed by atoms with Gasteiger partial charge in [-0.25, -0.2) is 4.79 Å². The lowest BCUT2D eigenvalue weighted by Crippen LogP contribution is -2.33. The number of hydrogen-bond donors (Lipinski definition) is 1. The Labute approximate surface area is 170 Å². The summed E-state index contributed by atoms with van der Waals surface area (Å²) in [6.45, 7) is 1.64. The Morgan fingerprint density at radius 1 is 1.34 bits per heavy atom. The van der Waals surface area contributed by atoms with Crippen LogP contribution in [0.5, 0.6) is 5.75 Å². The van der Waals surface area contributed by atoms with E-state index in [2.05, 4.69) is 15.0 Å². The molecular weight excluding hydrogens is 411 g/mol. The summed E-state index contributed by atoms with van der Waals surface area (Å²) in [4.78, 5) is 17.9. The quantitative estimate of drug-likeness (QED) is 0.722. The van der Waals surface area contributed by atoms with Crippen LogP contribution in [0, 0.1) is 5.92 Å². The minimum Gasteiger partial charge on any atom is -0.406 e. The van der Waals surface area contributed by atoms with Gasteiger partial charge in [-0.3, -0.25) is 4.98 Å². The van der Waals surface area contributed by atoms with Crippen molar-refractivity contribution >= 4 is 23.3 Å². The monoisotopic (exact) mass is 429 g/mol. The number of halogens is 4. The fraction of sp³-hybridized carbons (Fsp3) is 0.368. The predicted molar refractivity (Wildman–Crippen MR) is 101 cm³/mol. The summed E-state index contributed by atoms with van der Waals surface area (Å²) in [5, 5.41) is 3.13. The molecule has 1 saturated heterocycles. The largest absolute Gasteiger partial charge is 0.573 e. The van der Waals surface area contributed by atoms with Gasteiger partial charge in [-0.15, -0.1) is 13.2 Å². The number of ether oxygens (including phenoxy) is 2. The Hall–Kier alpha value is -2.52. The van der Waals surface area contributed by atoms with Gasteiger partial charge in [0.15, 0.2) is 0 Å². The summed E-state index contributed by atoms with van der Waals surface area (Å²) in [6.07, 6.45) is -0.946. The predicted octanol–water partition coefficient (Wildman–Crippen LogP) is 4.70. The van der Waals surface area contributed by atoms with Gasteiger partial charge in [-0.1, -0.05) is 23.7 Å². The Morgan fingerprint density at radius 3 is 2.93 bits per heavy atom. The van der Waals surface area contributed by atoms with Crippen LogP contribution in [0.3, 0.4) is 0 Å². The van der Waals surface area contributed by atoms with E-state index >= 15 is 0 Å². The van der Waals surface area contributed by atoms with Crippen molar-refractivity contribution in [3.8, 4) is 5.75 Å². The topological polar surface area (TPSA) is 63.7 Å². The number of amides is 2. The highest BCUT2D eigenvalue weighted by atomic mass is 35.5. The maximum atomic E-state index is 12.3. The maximum absolute atomic E-state index is 12.3. The number of pyridine rings is 1. The van der Waals surface area contributed by atoms with E-state index in [1.54, 1.807) is 17.0 Å². The van der Waals surface area contributed by atoms with Crippen molar-refractivity contribution in [3.05, 3.63) is 53.3 Å². The molecule has 1 atom stereocenters. The molecule has 6 nitrogen and oxygen atoms in total. The average Bonchev–Trinajstić information content (AvgIpc) is 3.12. The second-order valence-corrected chi connectivity index (χ2v) is 7.00. The van der Waals surface area contributed by atoms with Gasteiger partial charge in [0.2, 0.25) is 0 Å². The van der Waals surface area contributed by atoms with E-state index < -0.39 is 6.36 Å². The van der Waals surface area contributed by atoms with E-state index in [1.807, 2.05) is 0 Å². The van der Waals surface area contributed by atoms with Crippen molar-refractivity contribution in [2.75, 3.05) is 25.0 Å². The number of carbonyl (C=O) groups excluding carboxylic acids is 1. The van der Waals surface area contributed by atoms with Crippen LogP contribution in [0.25, 0.3) is 0 Å². The molecule has 2 heterocycles. The number of likely N-dealkylation sites (tertiary alicyclic amines) is 1. The third-order valence-corrected chi connectivity index (χ3v) is 4.67. The van der Waals surface area contributed by atoms with E-state index in [-0.39, 0.29) is 24.3 Å². The first-order valence-corrected chi connectivity index (χ1v) is 9.26. The van der Waals surface area contributed by atoms with E-state index in [0.29, 0.717) is 36.0 Å². The number of aromatic nitrogens is 1. The number of alkyl halides is 3. The molecule has 1 aliphatic rings. The van der Waals surface area contributed by atoms with Gasteiger partial charge < -0.3 is 19.7 Å². The fourth-order valence-corrected chi connectivity index (χ4v) is 3.15. The first-order chi connectivity index (χ1) is 13.8. The first-order valence-electron chi connectivity index (χ1n) is 8.88. The highest BCUT2D eigenvalue weighted by molar-refractivity contribution is 6.33. The minimum absolute atomic E-state index is 0.139. The fourth-order valence-electron chi connectivity index (χ4n) is 2.99. The highest BCUT2D eigenvalue weighted by Crippen LogP contribution is 2.25. The number of benzene rings is 1. The van der Waals surface area contributed by atoms with E-state index in [4.69, 9.17) is 16.3 Å². The summed E-state index contributed by atoms with van der Waals surface area (Å²) in [5.74, 6) is -0.142. The van der Waals surface area contributed by atoms with Crippen molar-refractivity contribution in [2.45, 2.75) is 19.4 Å². The van der Waals surface area contributed by atoms with Gasteiger partial charge >= 0.3 is 12.4 Å². The second kappa shape index (κ2) is 9.32. The lowest BCUT2D eigenvalue weighted by molar-refractivity contribution is -0.274. The van der Waals surface area contributed by atoms with E-state index in [9.17, 15) is 18.0 Å². The van der Waals surface area contributed by atoms with Gasteiger partial charge in [-0.2, -0.15) is 0 Å². The molecule has 1 aliphatic heterocycles. The zero-order valence-corrected chi connectivity index (χ0v) is 16.0. The number of rotatable bonds is 6. The Balaban J connectivity index is 1.43. The third-order valence-electron chi connectivity index (χ3n) is 4.34. The highest BCUT2D eigenvalue weighted by Gasteiger charge is 2.31. The lowest BCUT2D eigenvalue weighted by Gasteiger charge is -2.18. The van der Waals surface area contributed by atoms with Crippen molar-refractivity contribution in [2.24, 2.45) is 5.92 Å². The average molecular weight is 430 g/mol. The van der Waals surface area contributed by atoms with Crippen LogP contribution >= 0.6 is 11.6 Å². The van der Waals surface area contributed by atoms with Gasteiger partial charge in [0.1, 0.15) is 5.75 Å². The van der Waals surface area contributed by atoms with Crippen molar-refractivity contribution in [3.63, 3.8) is 0 Å². The SMILES string of the molecule is O=C(Nc1cnccc1Cl)N1CCC(COCc2cccc(OC(F)(F)F)c2)C1. The summed E-state index contributed by atoms with van der Waals surface area (Å²) in [6, 6.07) is 6.99. The van der Waals surface area contributed by atoms with Gasteiger partial charge in [-0.05, 0) is 30.2 Å². The van der Waals surface area contributed by atoms with E-state index in [0.717, 1.165) is 6.42 Å². The zero-order valence-electron chi connectivity index (χ0n) is 15.3. The number of nitrogens with one attached hydrogen (secondary N) is 1. The maximum Gasteiger partial charge on any atom is 0.573 e. The summed E-state index contributed by atoms with van der Waals surface area (Å²) in [5.41, 5.74) is 1.02. The molecule has 156 valence electrons. The van der Waals surface area contributed by atoms with Crippen LogP contribution in [0.4, 0.5) is 23.7 Å². The second-order valence-electron chi connectivity index (χ2n) is 6.60. The van der Waals surface area contributed by atoms with Crippen molar-refractivity contribution < 1.29 is 27.4 Å². The molecule has 0 saturated carbocycles. The number of nitrogens with zero attached hydrogens (tertiary/aromatic N) is 2. The molecule has 1 N–H and O–H groups in total. The van der Waals surface area contributed by atoms with Crippen LogP contribution < -0.4 is 10.1 Å². The van der Waals surface area contributed by atoms with Crippen LogP contribution in [-0.2, 0) is 11.3 Å². The lowest BCUT2D eigenvalue weighted by atomic mass is 10.1. The molecule has 3 rings (SSSR count). The van der Waals surface area contributed by atoms with E-state index in [1.165, 1.54) is 30.6 Å². The number of anilines is 1. The van der Waals surface area contributed by atoms with Crippen molar-refractivity contribution in [1.82, 2.24) is 9.88 Å². The van der Waals surface area contributed by atoms with Crippen LogP contribution in [0.15, 0.2) is 42.7 Å². The molecule has 0 aliphatic carbocycles. The van der Waals surface area contributed by atoms with Crippen LogP contribution in [-0.4, -0.2) is 42.0 Å². The first kappa shape index (κ1) is 21.2. The van der Waals surface area contributed by atoms with Gasteiger partial charge in [0.25, 0.3) is 0 Å². The standard InChI is InChI=1S/C19H19ClF3N3O3/c20-16-4-6-24-9-17(16)25-18(27)26-7-5-14(10-26)12-28-11-13-2-1-3-15(8-13)29-19(21,22)23/h1-4,6,8-9,14H,5,7,10-12H2,(H,25,27). The van der Waals surface area contributed by atoms with Gasteiger partial charge in [0, 0.05) is 25.2 Å². The summed E-state index contributed by atoms with van der Waals surface area (Å²) < 4.78 is 46.4. The third kappa shape index (κ3) is 6.50. The normalized spacial score (nSPS) is 16.7. The number of urea groups is 1. The smallest absolute Gasteiger partial charge is 0.406 e. The molecule has 1 aromatic heterocycles. The molecule has 29 heavy (non-hydrogen) atoms. The zero-order chi connectivity index (χ0) is 20.9. The molecule has 1 unspecified atom stereocenters. The molecule has 1 aromatic carbocycles. The molecule has 0 spiro atoms. The Bertz CT molecular complexity index is 851.